The van der Waals surface area contributed by atoms with E-state index in [1.807, 2.05) is 6.07 Å². The largest absolute Gasteiger partial charge is 0.387 e. The molecule has 1 aliphatic rings. The number of nitrogens with two attached hydrogens (primary N) is 1. The molecule has 6 nitrogen and oxygen atoms in total. The molecule has 1 aromatic heterocycles. The second-order valence-corrected chi connectivity index (χ2v) is 8.01. The summed E-state index contributed by atoms with van der Waals surface area (Å²) in [6, 6.07) is 7.20. The summed E-state index contributed by atoms with van der Waals surface area (Å²) in [5.41, 5.74) is 8.58. The molecule has 0 aliphatic carbocycles. The minimum absolute atomic E-state index is 0.106. The highest BCUT2D eigenvalue weighted by molar-refractivity contribution is 6.43. The molecule has 1 fully saturated rings. The number of aromatic nitrogens is 2. The lowest BCUT2D eigenvalue weighted by atomic mass is 9.91. The first-order valence-corrected chi connectivity index (χ1v) is 10.4. The number of benzene rings is 1. The molecule has 0 spiro atoms. The van der Waals surface area contributed by atoms with Gasteiger partial charge in [-0.25, -0.2) is 4.99 Å². The fraction of sp³-hybridized carbons (Fsp3) is 0.381. The standard InChI is InChI=1S/C21H25Cl2N5O/c1-13(24)27-21(18-8-10-26-28-18)14(11-15-5-2-3-9-25-15)12-19(29)16-6-4-7-17(22)20(16)23/h4,6-8,10,15,25H,2-3,5,9,11-12H2,1H3,(H2,24,27)(H,26,28)/b21-14-. The van der Waals surface area contributed by atoms with Crippen molar-refractivity contribution in [1.29, 1.82) is 0 Å². The summed E-state index contributed by atoms with van der Waals surface area (Å²) in [4.78, 5) is 17.7. The SMILES string of the molecule is C/C(N)=N/C(=C(\CC(=O)c1cccc(Cl)c1Cl)CC1CCCCN1)c1ccn[nH]1. The molecule has 8 heteroatoms. The van der Waals surface area contributed by atoms with Crippen molar-refractivity contribution in [1.82, 2.24) is 15.5 Å². The monoisotopic (exact) mass is 433 g/mol. The first-order valence-electron chi connectivity index (χ1n) is 9.69. The molecule has 29 heavy (non-hydrogen) atoms. The molecule has 4 N–H and O–H groups in total. The van der Waals surface area contributed by atoms with E-state index < -0.39 is 0 Å². The number of amidine groups is 1. The van der Waals surface area contributed by atoms with E-state index in [4.69, 9.17) is 28.9 Å². The van der Waals surface area contributed by atoms with Crippen LogP contribution in [0.1, 0.15) is 55.1 Å². The van der Waals surface area contributed by atoms with Crippen LogP contribution in [0.25, 0.3) is 5.70 Å². The van der Waals surface area contributed by atoms with Gasteiger partial charge in [-0.05, 0) is 56.5 Å². The average Bonchev–Trinajstić information content (AvgIpc) is 3.23. The third-order valence-corrected chi connectivity index (χ3v) is 5.73. The zero-order valence-electron chi connectivity index (χ0n) is 16.3. The Bertz CT molecular complexity index is 911. The highest BCUT2D eigenvalue weighted by atomic mass is 35.5. The third kappa shape index (κ3) is 5.69. The average molecular weight is 434 g/mol. The maximum atomic E-state index is 13.1. The number of ketones is 1. The lowest BCUT2D eigenvalue weighted by Gasteiger charge is -2.25. The van der Waals surface area contributed by atoms with Gasteiger partial charge < -0.3 is 11.1 Å². The number of carbonyl (C=O) groups excluding carboxylic acids is 1. The van der Waals surface area contributed by atoms with Gasteiger partial charge in [-0.15, -0.1) is 0 Å². The van der Waals surface area contributed by atoms with Gasteiger partial charge >= 0.3 is 0 Å². The molecule has 154 valence electrons. The molecule has 2 heterocycles. The first-order chi connectivity index (χ1) is 14.0. The van der Waals surface area contributed by atoms with E-state index in [1.54, 1.807) is 31.3 Å². The highest BCUT2D eigenvalue weighted by Gasteiger charge is 2.22. The predicted octanol–water partition coefficient (Wildman–Crippen LogP) is 4.61. The van der Waals surface area contributed by atoms with Crippen LogP contribution in [0, 0.1) is 0 Å². The van der Waals surface area contributed by atoms with Crippen molar-refractivity contribution in [3.8, 4) is 0 Å². The van der Waals surface area contributed by atoms with E-state index in [0.29, 0.717) is 28.5 Å². The number of piperidine rings is 1. The van der Waals surface area contributed by atoms with E-state index in [2.05, 4.69) is 20.5 Å². The molecule has 1 unspecified atom stereocenters. The number of aromatic amines is 1. The number of carbonyl (C=O) groups is 1. The number of halogens is 2. The molecule has 1 aliphatic heterocycles. The van der Waals surface area contributed by atoms with Crippen LogP contribution < -0.4 is 11.1 Å². The van der Waals surface area contributed by atoms with Crippen LogP contribution in [0.5, 0.6) is 0 Å². The van der Waals surface area contributed by atoms with Gasteiger partial charge in [-0.2, -0.15) is 5.10 Å². The topological polar surface area (TPSA) is 96.2 Å². The molecular formula is C21H25Cl2N5O. The van der Waals surface area contributed by atoms with Gasteiger partial charge in [0.2, 0.25) is 0 Å². The molecule has 0 saturated carbocycles. The Hall–Kier alpha value is -2.15. The van der Waals surface area contributed by atoms with Crippen molar-refractivity contribution in [3.63, 3.8) is 0 Å². The fourth-order valence-corrected chi connectivity index (χ4v) is 3.96. The van der Waals surface area contributed by atoms with E-state index in [0.717, 1.165) is 30.7 Å². The predicted molar refractivity (Wildman–Crippen MR) is 118 cm³/mol. The van der Waals surface area contributed by atoms with E-state index in [1.165, 1.54) is 6.42 Å². The zero-order valence-corrected chi connectivity index (χ0v) is 17.9. The Morgan fingerprint density at radius 1 is 1.31 bits per heavy atom. The second-order valence-electron chi connectivity index (χ2n) is 7.23. The number of Topliss-reactive ketones (excluding diaryl/α,β-unsaturated/α-hetero) is 1. The number of rotatable bonds is 7. The van der Waals surface area contributed by atoms with Gasteiger partial charge in [0.15, 0.2) is 5.78 Å². The molecular weight excluding hydrogens is 409 g/mol. The van der Waals surface area contributed by atoms with Crippen LogP contribution in [-0.4, -0.2) is 34.4 Å². The third-order valence-electron chi connectivity index (χ3n) is 4.91. The minimum Gasteiger partial charge on any atom is -0.387 e. The number of H-pyrrole nitrogens is 1. The van der Waals surface area contributed by atoms with Crippen molar-refractivity contribution < 1.29 is 4.79 Å². The Kier molecular flexibility index (Phi) is 7.47. The van der Waals surface area contributed by atoms with Crippen LogP contribution in [0.2, 0.25) is 10.0 Å². The number of hydrogen-bond acceptors (Lipinski definition) is 4. The second kappa shape index (κ2) is 10.1. The number of hydrogen-bond donors (Lipinski definition) is 3. The van der Waals surface area contributed by atoms with Gasteiger partial charge in [-0.1, -0.05) is 35.7 Å². The van der Waals surface area contributed by atoms with Crippen molar-refractivity contribution in [2.24, 2.45) is 10.7 Å². The van der Waals surface area contributed by atoms with Gasteiger partial charge in [0, 0.05) is 24.2 Å². The molecule has 1 atom stereocenters. The number of nitrogens with zero attached hydrogens (tertiary/aromatic N) is 2. The lowest BCUT2D eigenvalue weighted by molar-refractivity contribution is 0.0991. The normalized spacial score (nSPS) is 18.4. The Balaban J connectivity index is 2.00. The van der Waals surface area contributed by atoms with Gasteiger partial charge in [-0.3, -0.25) is 9.89 Å². The van der Waals surface area contributed by atoms with E-state index >= 15 is 0 Å². The minimum atomic E-state index is -0.106. The smallest absolute Gasteiger partial charge is 0.168 e. The first kappa shape index (κ1) is 21.6. The van der Waals surface area contributed by atoms with Crippen LogP contribution in [-0.2, 0) is 0 Å². The van der Waals surface area contributed by atoms with Crippen LogP contribution in [0.4, 0.5) is 0 Å². The van der Waals surface area contributed by atoms with Crippen LogP contribution in [0.15, 0.2) is 41.0 Å². The molecule has 1 saturated heterocycles. The van der Waals surface area contributed by atoms with Crippen LogP contribution in [0.3, 0.4) is 0 Å². The van der Waals surface area contributed by atoms with Crippen molar-refractivity contribution >= 4 is 40.5 Å². The molecule has 1 aromatic carbocycles. The highest BCUT2D eigenvalue weighted by Crippen LogP contribution is 2.31. The molecule has 0 radical (unpaired) electrons. The summed E-state index contributed by atoms with van der Waals surface area (Å²) >= 11 is 12.4. The van der Waals surface area contributed by atoms with E-state index in [9.17, 15) is 4.79 Å². The molecule has 0 amide bonds. The van der Waals surface area contributed by atoms with Crippen molar-refractivity contribution in [2.45, 2.75) is 45.1 Å². The summed E-state index contributed by atoms with van der Waals surface area (Å²) in [5, 5.41) is 11.2. The molecule has 2 aromatic rings. The Morgan fingerprint density at radius 3 is 2.79 bits per heavy atom. The quantitative estimate of drug-likeness (QED) is 0.337. The number of nitrogens with one attached hydrogen (secondary N) is 2. The van der Waals surface area contributed by atoms with Gasteiger partial charge in [0.25, 0.3) is 0 Å². The summed E-state index contributed by atoms with van der Waals surface area (Å²) in [6.07, 6.45) is 5.90. The van der Waals surface area contributed by atoms with Crippen LogP contribution >= 0.6 is 23.2 Å². The summed E-state index contributed by atoms with van der Waals surface area (Å²) in [5.74, 6) is 0.308. The van der Waals surface area contributed by atoms with Gasteiger partial charge in [0.1, 0.15) is 0 Å². The summed E-state index contributed by atoms with van der Waals surface area (Å²) in [6.45, 7) is 2.70. The Morgan fingerprint density at radius 2 is 2.14 bits per heavy atom. The molecule has 3 rings (SSSR count). The zero-order chi connectivity index (χ0) is 20.8. The number of aliphatic imine (C=N–C) groups is 1. The van der Waals surface area contributed by atoms with Crippen molar-refractivity contribution in [2.75, 3.05) is 6.54 Å². The molecule has 0 bridgehead atoms. The lowest BCUT2D eigenvalue weighted by Crippen LogP contribution is -2.34. The maximum absolute atomic E-state index is 13.1. The van der Waals surface area contributed by atoms with E-state index in [-0.39, 0.29) is 23.3 Å². The maximum Gasteiger partial charge on any atom is 0.168 e. The Labute approximate surface area is 180 Å². The summed E-state index contributed by atoms with van der Waals surface area (Å²) in [7, 11) is 0. The fourth-order valence-electron chi connectivity index (χ4n) is 3.55. The summed E-state index contributed by atoms with van der Waals surface area (Å²) < 4.78 is 0. The van der Waals surface area contributed by atoms with Gasteiger partial charge in [0.05, 0.1) is 27.3 Å². The van der Waals surface area contributed by atoms with Crippen molar-refractivity contribution in [3.05, 3.63) is 57.3 Å².